The van der Waals surface area contributed by atoms with Gasteiger partial charge in [0.05, 0.1) is 85.4 Å². The normalized spacial score (nSPS) is 22.2. The summed E-state index contributed by atoms with van der Waals surface area (Å²) >= 11 is 0. The van der Waals surface area contributed by atoms with Gasteiger partial charge in [0.15, 0.2) is 6.29 Å². The lowest BCUT2D eigenvalue weighted by Crippen LogP contribution is -2.69. The summed E-state index contributed by atoms with van der Waals surface area (Å²) in [7, 11) is -2.94. The molecule has 2 saturated heterocycles. The maximum absolute atomic E-state index is 16.0. The van der Waals surface area contributed by atoms with Crippen LogP contribution in [0.1, 0.15) is 62.9 Å². The summed E-state index contributed by atoms with van der Waals surface area (Å²) in [6, 6.07) is 89.2. The van der Waals surface area contributed by atoms with Gasteiger partial charge in [0.2, 0.25) is 0 Å². The second kappa shape index (κ2) is 36.0. The molecule has 2 aliphatic rings. The zero-order valence-electron chi connectivity index (χ0n) is 53.2. The molecule has 9 aromatic carbocycles. The fourth-order valence-electron chi connectivity index (χ4n) is 12.1. The molecule has 10 atom stereocenters. The van der Waals surface area contributed by atoms with E-state index in [-0.39, 0.29) is 72.5 Å². The van der Waals surface area contributed by atoms with Crippen molar-refractivity contribution in [3.63, 3.8) is 0 Å². The summed E-state index contributed by atoms with van der Waals surface area (Å²) in [5.41, 5.74) is 6.60. The zero-order chi connectivity index (χ0) is 64.3. The standard InChI is InChI=1S/C79H85O14P/c1-81-78-74(85-52-64-35-17-5-18-36-64)70(73(84-51-63-33-15-4-16-34-63)71(92-78)58-82-49-61-29-11-2-12-30-61)47-48-79(60-91-94(80,89-56-68-43-25-9-26-44-68)90-57-69-45-27-10-28-46-69)77(88-55-67-41-23-8-24-42-67)76(87-54-66-39-21-7-22-40-66)75(86-53-65-37-19-6-20-38-65)72(93-79)59-83-50-62-31-13-3-14-32-62/h2-46,70-78H,47-60H2,1H3/t70?,71-,72?,73+,74?,75-,76?,77?,78+,79+/m0/s1. The third-order valence-electron chi connectivity index (χ3n) is 16.9. The zero-order valence-corrected chi connectivity index (χ0v) is 54.1. The van der Waals surface area contributed by atoms with Crippen LogP contribution in [0.3, 0.4) is 0 Å². The molecule has 0 aromatic heterocycles. The van der Waals surface area contributed by atoms with Crippen LogP contribution in [0.15, 0.2) is 273 Å². The lowest BCUT2D eigenvalue weighted by Gasteiger charge is -2.54. The second-order valence-corrected chi connectivity index (χ2v) is 25.4. The molecule has 0 N–H and O–H groups in total. The molecule has 2 heterocycles. The van der Waals surface area contributed by atoms with Crippen LogP contribution in [0.25, 0.3) is 0 Å². The molecule has 0 amide bonds. The van der Waals surface area contributed by atoms with Crippen molar-refractivity contribution in [3.8, 4) is 0 Å². The fraction of sp³-hybridized carbons (Fsp3) is 0.316. The Morgan fingerprint density at radius 1 is 0.351 bits per heavy atom. The minimum absolute atomic E-state index is 0.0366. The summed E-state index contributed by atoms with van der Waals surface area (Å²) in [4.78, 5) is 0. The van der Waals surface area contributed by atoms with E-state index in [1.807, 2.05) is 273 Å². The molecule has 15 heteroatoms. The van der Waals surface area contributed by atoms with Crippen LogP contribution in [-0.2, 0) is 125 Å². The summed E-state index contributed by atoms with van der Waals surface area (Å²) in [6.45, 7) is 1.19. The van der Waals surface area contributed by atoms with Crippen molar-refractivity contribution >= 4 is 7.82 Å². The molecule has 2 aliphatic heterocycles. The summed E-state index contributed by atoms with van der Waals surface area (Å²) in [5, 5.41) is 0. The maximum Gasteiger partial charge on any atom is 0.475 e. The highest BCUT2D eigenvalue weighted by Gasteiger charge is 2.59. The van der Waals surface area contributed by atoms with Crippen LogP contribution in [-0.4, -0.2) is 81.5 Å². The smallest absolute Gasteiger partial charge is 0.374 e. The molecular formula is C79H85O14P. The lowest BCUT2D eigenvalue weighted by atomic mass is 9.77. The fourth-order valence-corrected chi connectivity index (χ4v) is 13.3. The first-order valence-electron chi connectivity index (χ1n) is 32.4. The Balaban J connectivity index is 1.06. The van der Waals surface area contributed by atoms with E-state index in [0.29, 0.717) is 13.0 Å². The Bertz CT molecular complexity index is 3530. The number of benzene rings is 9. The lowest BCUT2D eigenvalue weighted by molar-refractivity contribution is -0.323. The SMILES string of the molecule is CO[C@@H]1O[C@@H](COCc2ccccc2)[C@H](OCc2ccccc2)C(CC[C@]2(COP(=O)(OCc3ccccc3)OCc3ccccc3)OC(COCc3ccccc3)[C@H](OCc3ccccc3)C(OCc3ccccc3)C2OCc2ccccc2)C1OCc1ccccc1. The summed E-state index contributed by atoms with van der Waals surface area (Å²) in [6.07, 6.45) is -6.22. The molecule has 0 bridgehead atoms. The molecular weight excluding hydrogens is 1200 g/mol. The highest BCUT2D eigenvalue weighted by atomic mass is 31.2. The van der Waals surface area contributed by atoms with Crippen molar-refractivity contribution < 1.29 is 65.5 Å². The van der Waals surface area contributed by atoms with Crippen molar-refractivity contribution in [1.29, 1.82) is 0 Å². The van der Waals surface area contributed by atoms with E-state index >= 15 is 4.57 Å². The molecule has 2 fully saturated rings. The highest BCUT2D eigenvalue weighted by molar-refractivity contribution is 7.48. The molecule has 14 nitrogen and oxygen atoms in total. The van der Waals surface area contributed by atoms with E-state index in [4.69, 9.17) is 60.9 Å². The van der Waals surface area contributed by atoms with Gasteiger partial charge in [-0.05, 0) is 62.9 Å². The first kappa shape index (κ1) is 68.1. The van der Waals surface area contributed by atoms with E-state index < -0.39 is 75.0 Å². The average Bonchev–Trinajstić information content (AvgIpc) is 0.753. The van der Waals surface area contributed by atoms with Gasteiger partial charge < -0.3 is 47.4 Å². The van der Waals surface area contributed by atoms with Gasteiger partial charge in [-0.3, -0.25) is 13.6 Å². The molecule has 0 spiro atoms. The van der Waals surface area contributed by atoms with Gasteiger partial charge in [-0.25, -0.2) is 4.57 Å². The Kier molecular flexibility index (Phi) is 26.1. The number of hydrogen-bond acceptors (Lipinski definition) is 14. The maximum atomic E-state index is 16.0. The first-order chi connectivity index (χ1) is 46.4. The van der Waals surface area contributed by atoms with Gasteiger partial charge in [0.25, 0.3) is 0 Å². The van der Waals surface area contributed by atoms with E-state index in [0.717, 1.165) is 50.1 Å². The van der Waals surface area contributed by atoms with Gasteiger partial charge in [-0.15, -0.1) is 0 Å². The van der Waals surface area contributed by atoms with Crippen molar-refractivity contribution in [1.82, 2.24) is 0 Å². The molecule has 11 rings (SSSR count). The van der Waals surface area contributed by atoms with Crippen LogP contribution in [0.5, 0.6) is 0 Å². The van der Waals surface area contributed by atoms with Crippen LogP contribution in [0.2, 0.25) is 0 Å². The Hall–Kier alpha value is -7.31. The summed E-state index contributed by atoms with van der Waals surface area (Å²) in [5.74, 6) is -0.523. The predicted octanol–water partition coefficient (Wildman–Crippen LogP) is 15.8. The predicted molar refractivity (Wildman–Crippen MR) is 359 cm³/mol. The van der Waals surface area contributed by atoms with E-state index in [2.05, 4.69) is 0 Å². The monoisotopic (exact) mass is 1290 g/mol. The third kappa shape index (κ3) is 20.1. The Morgan fingerprint density at radius 3 is 1.05 bits per heavy atom. The molecule has 0 saturated carbocycles. The number of methoxy groups -OCH3 is 1. The number of hydrogen-bond donors (Lipinski definition) is 0. The Labute approximate surface area is 553 Å². The van der Waals surface area contributed by atoms with Crippen molar-refractivity contribution in [2.24, 2.45) is 5.92 Å². The quantitative estimate of drug-likeness (QED) is 0.0344. The van der Waals surface area contributed by atoms with Crippen molar-refractivity contribution in [2.45, 2.75) is 127 Å². The second-order valence-electron chi connectivity index (χ2n) is 23.7. The van der Waals surface area contributed by atoms with E-state index in [1.54, 1.807) is 7.11 Å². The van der Waals surface area contributed by atoms with E-state index in [1.165, 1.54) is 0 Å². The number of ether oxygens (including phenoxy) is 10. The topological polar surface area (TPSA) is 137 Å². The first-order valence-corrected chi connectivity index (χ1v) is 33.8. The van der Waals surface area contributed by atoms with E-state index in [9.17, 15) is 0 Å². The molecule has 0 aliphatic carbocycles. The van der Waals surface area contributed by atoms with Crippen LogP contribution >= 0.6 is 7.82 Å². The molecule has 490 valence electrons. The third-order valence-corrected chi connectivity index (χ3v) is 18.3. The van der Waals surface area contributed by atoms with Gasteiger partial charge in [-0.2, -0.15) is 0 Å². The highest BCUT2D eigenvalue weighted by Crippen LogP contribution is 2.54. The minimum Gasteiger partial charge on any atom is -0.374 e. The largest absolute Gasteiger partial charge is 0.475 e. The van der Waals surface area contributed by atoms with Crippen molar-refractivity contribution in [3.05, 3.63) is 323 Å². The van der Waals surface area contributed by atoms with Gasteiger partial charge >= 0.3 is 7.82 Å². The summed E-state index contributed by atoms with van der Waals surface area (Å²) < 4.78 is 107. The van der Waals surface area contributed by atoms with Crippen LogP contribution in [0.4, 0.5) is 0 Å². The van der Waals surface area contributed by atoms with Gasteiger partial charge in [-0.1, -0.05) is 273 Å². The molecule has 9 aromatic rings. The minimum atomic E-state index is -4.57. The number of phosphoric ester groups is 1. The van der Waals surface area contributed by atoms with Crippen LogP contribution in [0, 0.1) is 5.92 Å². The Morgan fingerprint density at radius 2 is 0.670 bits per heavy atom. The molecule has 94 heavy (non-hydrogen) atoms. The number of rotatable bonds is 36. The van der Waals surface area contributed by atoms with Crippen molar-refractivity contribution in [2.75, 3.05) is 26.9 Å². The van der Waals surface area contributed by atoms with Gasteiger partial charge in [0.1, 0.15) is 42.2 Å². The molecule has 0 radical (unpaired) electrons. The van der Waals surface area contributed by atoms with Crippen LogP contribution < -0.4 is 0 Å². The average molecular weight is 1290 g/mol. The number of phosphoric acid groups is 1. The van der Waals surface area contributed by atoms with Gasteiger partial charge in [0, 0.05) is 13.0 Å². The molecule has 5 unspecified atom stereocenters.